The van der Waals surface area contributed by atoms with Crippen LogP contribution >= 0.6 is 0 Å². The minimum Gasteiger partial charge on any atom is -0.357 e. The summed E-state index contributed by atoms with van der Waals surface area (Å²) in [6, 6.07) is 0.925. The number of anilines is 1. The molecule has 5 nitrogen and oxygen atoms in total. The third kappa shape index (κ3) is 3.06. The fourth-order valence-corrected chi connectivity index (χ4v) is 1.70. The highest BCUT2D eigenvalue weighted by Gasteiger charge is 2.33. The van der Waals surface area contributed by atoms with E-state index in [1.165, 1.54) is 13.2 Å². The maximum absolute atomic E-state index is 12.8. The van der Waals surface area contributed by atoms with Crippen molar-refractivity contribution in [2.24, 2.45) is 0 Å². The predicted octanol–water partition coefficient (Wildman–Crippen LogP) is 2.81. The summed E-state index contributed by atoms with van der Waals surface area (Å²) in [5.74, 6) is -0.0712. The Labute approximate surface area is 113 Å². The topological polar surface area (TPSA) is 55.6 Å². The number of aryl methyl sites for hydroxylation is 1. The standard InChI is InChI=1S/C12H14F3N5/c1-3-4-20-7-8(6-17-20)9-5-10(12(13,14)15)19-11(16-2)18-9/h5-7H,3-4H2,1-2H3,(H,16,18,19). The number of nitrogens with zero attached hydrogens (tertiary/aromatic N) is 4. The number of hydrogen-bond donors (Lipinski definition) is 1. The van der Waals surface area contributed by atoms with Crippen LogP contribution < -0.4 is 5.32 Å². The molecule has 0 aliphatic heterocycles. The van der Waals surface area contributed by atoms with Gasteiger partial charge in [-0.2, -0.15) is 18.3 Å². The molecular weight excluding hydrogens is 271 g/mol. The van der Waals surface area contributed by atoms with Crippen LogP contribution in [0, 0.1) is 0 Å². The average Bonchev–Trinajstić information content (AvgIpc) is 2.86. The van der Waals surface area contributed by atoms with Gasteiger partial charge < -0.3 is 5.32 Å². The highest BCUT2D eigenvalue weighted by Crippen LogP contribution is 2.30. The van der Waals surface area contributed by atoms with Gasteiger partial charge in [-0.25, -0.2) is 9.97 Å². The second kappa shape index (κ2) is 5.48. The first-order valence-corrected chi connectivity index (χ1v) is 6.11. The Morgan fingerprint density at radius 1 is 1.30 bits per heavy atom. The average molecular weight is 285 g/mol. The van der Waals surface area contributed by atoms with Gasteiger partial charge in [-0.3, -0.25) is 4.68 Å². The predicted molar refractivity (Wildman–Crippen MR) is 68.1 cm³/mol. The van der Waals surface area contributed by atoms with Crippen molar-refractivity contribution in [2.75, 3.05) is 12.4 Å². The van der Waals surface area contributed by atoms with Gasteiger partial charge >= 0.3 is 6.18 Å². The maximum Gasteiger partial charge on any atom is 0.433 e. The smallest absolute Gasteiger partial charge is 0.357 e. The van der Waals surface area contributed by atoms with Crippen LogP contribution in [0.3, 0.4) is 0 Å². The summed E-state index contributed by atoms with van der Waals surface area (Å²) in [6.45, 7) is 2.70. The minimum absolute atomic E-state index is 0.0712. The van der Waals surface area contributed by atoms with Crippen LogP contribution in [-0.4, -0.2) is 26.8 Å². The minimum atomic E-state index is -4.51. The molecule has 0 aromatic carbocycles. The number of halogens is 3. The first-order chi connectivity index (χ1) is 9.44. The van der Waals surface area contributed by atoms with E-state index in [-0.39, 0.29) is 11.6 Å². The summed E-state index contributed by atoms with van der Waals surface area (Å²) in [5, 5.41) is 6.62. The Bertz CT molecular complexity index is 591. The molecular formula is C12H14F3N5. The van der Waals surface area contributed by atoms with Gasteiger partial charge in [0.1, 0.15) is 0 Å². The second-order valence-corrected chi connectivity index (χ2v) is 4.20. The Morgan fingerprint density at radius 3 is 2.65 bits per heavy atom. The Hall–Kier alpha value is -2.12. The van der Waals surface area contributed by atoms with Crippen molar-refractivity contribution in [3.05, 3.63) is 24.2 Å². The van der Waals surface area contributed by atoms with Gasteiger partial charge in [0.2, 0.25) is 5.95 Å². The monoisotopic (exact) mass is 285 g/mol. The molecule has 2 aromatic heterocycles. The molecule has 0 amide bonds. The molecule has 0 saturated carbocycles. The Morgan fingerprint density at radius 2 is 2.05 bits per heavy atom. The summed E-state index contributed by atoms with van der Waals surface area (Å²) in [6.07, 6.45) is -0.452. The van der Waals surface area contributed by atoms with Crippen molar-refractivity contribution in [1.82, 2.24) is 19.7 Å². The highest BCUT2D eigenvalue weighted by molar-refractivity contribution is 5.59. The van der Waals surface area contributed by atoms with E-state index in [2.05, 4.69) is 20.4 Å². The summed E-state index contributed by atoms with van der Waals surface area (Å²) in [7, 11) is 1.47. The fraction of sp³-hybridized carbons (Fsp3) is 0.417. The van der Waals surface area contributed by atoms with Gasteiger partial charge in [-0.15, -0.1) is 0 Å². The molecule has 0 spiro atoms. The third-order valence-electron chi connectivity index (χ3n) is 2.62. The molecule has 1 N–H and O–H groups in total. The first kappa shape index (κ1) is 14.3. The normalized spacial score (nSPS) is 11.7. The van der Waals surface area contributed by atoms with Crippen LogP contribution in [0.25, 0.3) is 11.3 Å². The maximum atomic E-state index is 12.8. The van der Waals surface area contributed by atoms with E-state index in [4.69, 9.17) is 0 Å². The molecule has 0 fully saturated rings. The van der Waals surface area contributed by atoms with Gasteiger partial charge in [0.15, 0.2) is 5.69 Å². The van der Waals surface area contributed by atoms with E-state index in [1.807, 2.05) is 6.92 Å². The van der Waals surface area contributed by atoms with Gasteiger partial charge in [0.05, 0.1) is 11.9 Å². The largest absolute Gasteiger partial charge is 0.433 e. The molecule has 108 valence electrons. The lowest BCUT2D eigenvalue weighted by Gasteiger charge is -2.09. The number of hydrogen-bond acceptors (Lipinski definition) is 4. The van der Waals surface area contributed by atoms with Crippen LogP contribution in [-0.2, 0) is 12.7 Å². The van der Waals surface area contributed by atoms with Crippen molar-refractivity contribution in [1.29, 1.82) is 0 Å². The van der Waals surface area contributed by atoms with Gasteiger partial charge in [0, 0.05) is 25.4 Å². The van der Waals surface area contributed by atoms with Crippen molar-refractivity contribution < 1.29 is 13.2 Å². The molecule has 0 atom stereocenters. The van der Waals surface area contributed by atoms with Crippen molar-refractivity contribution in [3.63, 3.8) is 0 Å². The molecule has 0 radical (unpaired) electrons. The van der Waals surface area contributed by atoms with E-state index in [9.17, 15) is 13.2 Å². The Kier molecular flexibility index (Phi) is 3.91. The molecule has 20 heavy (non-hydrogen) atoms. The lowest BCUT2D eigenvalue weighted by atomic mass is 10.2. The number of nitrogens with one attached hydrogen (secondary N) is 1. The third-order valence-corrected chi connectivity index (χ3v) is 2.62. The number of rotatable bonds is 4. The van der Waals surface area contributed by atoms with Crippen LogP contribution in [0.15, 0.2) is 18.5 Å². The van der Waals surface area contributed by atoms with Gasteiger partial charge in [-0.1, -0.05) is 6.92 Å². The van der Waals surface area contributed by atoms with E-state index in [0.29, 0.717) is 12.1 Å². The van der Waals surface area contributed by atoms with Crippen LogP contribution in [0.4, 0.5) is 19.1 Å². The quantitative estimate of drug-likeness (QED) is 0.938. The van der Waals surface area contributed by atoms with Gasteiger partial charge in [-0.05, 0) is 12.5 Å². The Balaban J connectivity index is 2.44. The summed E-state index contributed by atoms with van der Waals surface area (Å²) < 4.78 is 40.0. The van der Waals surface area contributed by atoms with Crippen molar-refractivity contribution in [3.8, 4) is 11.3 Å². The molecule has 0 aliphatic carbocycles. The van der Waals surface area contributed by atoms with E-state index < -0.39 is 11.9 Å². The van der Waals surface area contributed by atoms with Crippen molar-refractivity contribution in [2.45, 2.75) is 26.1 Å². The second-order valence-electron chi connectivity index (χ2n) is 4.20. The van der Waals surface area contributed by atoms with Crippen LogP contribution in [0.1, 0.15) is 19.0 Å². The molecule has 2 aromatic rings. The van der Waals surface area contributed by atoms with E-state index >= 15 is 0 Å². The summed E-state index contributed by atoms with van der Waals surface area (Å²) in [4.78, 5) is 7.45. The molecule has 0 saturated heterocycles. The first-order valence-electron chi connectivity index (χ1n) is 6.11. The zero-order chi connectivity index (χ0) is 14.8. The van der Waals surface area contributed by atoms with Crippen LogP contribution in [0.2, 0.25) is 0 Å². The highest BCUT2D eigenvalue weighted by atomic mass is 19.4. The van der Waals surface area contributed by atoms with E-state index in [1.54, 1.807) is 10.9 Å². The molecule has 2 rings (SSSR count). The van der Waals surface area contributed by atoms with Crippen molar-refractivity contribution >= 4 is 5.95 Å². The summed E-state index contributed by atoms with van der Waals surface area (Å²) in [5.41, 5.74) is -0.253. The summed E-state index contributed by atoms with van der Waals surface area (Å²) >= 11 is 0. The lowest BCUT2D eigenvalue weighted by Crippen LogP contribution is -2.11. The zero-order valence-corrected chi connectivity index (χ0v) is 11.1. The van der Waals surface area contributed by atoms with Gasteiger partial charge in [0.25, 0.3) is 0 Å². The molecule has 0 unspecified atom stereocenters. The van der Waals surface area contributed by atoms with E-state index in [0.717, 1.165) is 12.5 Å². The van der Waals surface area contributed by atoms with Crippen LogP contribution in [0.5, 0.6) is 0 Å². The zero-order valence-electron chi connectivity index (χ0n) is 11.1. The number of aromatic nitrogens is 4. The SMILES string of the molecule is CCCn1cc(-c2cc(C(F)(F)F)nc(NC)n2)cn1. The molecule has 0 aliphatic rings. The fourth-order valence-electron chi connectivity index (χ4n) is 1.70. The molecule has 2 heterocycles. The lowest BCUT2D eigenvalue weighted by molar-refractivity contribution is -0.141. The molecule has 0 bridgehead atoms. The number of alkyl halides is 3. The molecule has 8 heteroatoms.